The first-order chi connectivity index (χ1) is 9.20. The zero-order valence-electron chi connectivity index (χ0n) is 12.2. The monoisotopic (exact) mass is 278 g/mol. The molecule has 1 saturated heterocycles. The lowest BCUT2D eigenvalue weighted by Gasteiger charge is -2.38. The molecule has 2 rings (SSSR count). The summed E-state index contributed by atoms with van der Waals surface area (Å²) < 4.78 is 14.0. The molecule has 1 heterocycles. The quantitative estimate of drug-likeness (QED) is 0.854. The molecule has 20 heavy (non-hydrogen) atoms. The number of carbonyl (C=O) groups is 2. The van der Waals surface area contributed by atoms with Crippen molar-refractivity contribution in [3.05, 3.63) is 29.6 Å². The van der Waals surface area contributed by atoms with Gasteiger partial charge in [0.1, 0.15) is 18.4 Å². The molecular formula is C15H19FN2O2. The molecule has 0 bridgehead atoms. The van der Waals surface area contributed by atoms with E-state index in [0.29, 0.717) is 0 Å². The molecule has 1 fully saturated rings. The minimum absolute atomic E-state index is 0.147. The SMILES string of the molecule is Cc1ccc(N2CC(=O)NC(C(C)(C)C)C2=O)c(F)c1. The van der Waals surface area contributed by atoms with Crippen molar-refractivity contribution in [3.8, 4) is 0 Å². The molecule has 1 atom stereocenters. The van der Waals surface area contributed by atoms with Crippen LogP contribution < -0.4 is 10.2 Å². The minimum Gasteiger partial charge on any atom is -0.342 e. The summed E-state index contributed by atoms with van der Waals surface area (Å²) in [6, 6.07) is 3.98. The number of hydrogen-bond donors (Lipinski definition) is 1. The summed E-state index contributed by atoms with van der Waals surface area (Å²) in [7, 11) is 0. The van der Waals surface area contributed by atoms with Gasteiger partial charge in [0.05, 0.1) is 5.69 Å². The lowest BCUT2D eigenvalue weighted by atomic mass is 9.84. The maximum atomic E-state index is 14.0. The predicted octanol–water partition coefficient (Wildman–Crippen LogP) is 2.01. The highest BCUT2D eigenvalue weighted by Crippen LogP contribution is 2.28. The van der Waals surface area contributed by atoms with E-state index in [9.17, 15) is 14.0 Å². The van der Waals surface area contributed by atoms with Crippen LogP contribution in [0.4, 0.5) is 10.1 Å². The van der Waals surface area contributed by atoms with E-state index in [1.807, 2.05) is 20.8 Å². The van der Waals surface area contributed by atoms with Gasteiger partial charge in [-0.3, -0.25) is 14.5 Å². The molecule has 5 heteroatoms. The number of benzene rings is 1. The summed E-state index contributed by atoms with van der Waals surface area (Å²) in [5.41, 5.74) is 0.504. The Morgan fingerprint density at radius 3 is 2.50 bits per heavy atom. The van der Waals surface area contributed by atoms with Crippen molar-refractivity contribution in [2.45, 2.75) is 33.7 Å². The Morgan fingerprint density at radius 2 is 1.95 bits per heavy atom. The van der Waals surface area contributed by atoms with Crippen LogP contribution in [0.5, 0.6) is 0 Å². The third kappa shape index (κ3) is 2.66. The molecule has 1 unspecified atom stereocenters. The molecule has 2 amide bonds. The fourth-order valence-electron chi connectivity index (χ4n) is 2.27. The second-order valence-electron chi connectivity index (χ2n) is 6.25. The largest absolute Gasteiger partial charge is 0.342 e. The van der Waals surface area contributed by atoms with Crippen LogP contribution in [0.25, 0.3) is 0 Å². The molecule has 1 N–H and O–H groups in total. The summed E-state index contributed by atoms with van der Waals surface area (Å²) in [4.78, 5) is 25.5. The second kappa shape index (κ2) is 4.89. The Labute approximate surface area is 118 Å². The van der Waals surface area contributed by atoms with Crippen molar-refractivity contribution < 1.29 is 14.0 Å². The Morgan fingerprint density at radius 1 is 1.30 bits per heavy atom. The van der Waals surface area contributed by atoms with Gasteiger partial charge in [-0.2, -0.15) is 0 Å². The van der Waals surface area contributed by atoms with Gasteiger partial charge in [0, 0.05) is 0 Å². The number of carbonyl (C=O) groups excluding carboxylic acids is 2. The molecule has 0 radical (unpaired) electrons. The van der Waals surface area contributed by atoms with Crippen LogP contribution in [-0.2, 0) is 9.59 Å². The first-order valence-electron chi connectivity index (χ1n) is 6.57. The third-order valence-electron chi connectivity index (χ3n) is 3.38. The standard InChI is InChI=1S/C15H19FN2O2/c1-9-5-6-11(10(16)7-9)18-8-12(19)17-13(14(18)20)15(2,3)4/h5-7,13H,8H2,1-4H3,(H,17,19). The van der Waals surface area contributed by atoms with E-state index < -0.39 is 17.3 Å². The van der Waals surface area contributed by atoms with Gasteiger partial charge in [-0.15, -0.1) is 0 Å². The van der Waals surface area contributed by atoms with E-state index in [0.717, 1.165) is 5.56 Å². The summed E-state index contributed by atoms with van der Waals surface area (Å²) in [5.74, 6) is -1.04. The predicted molar refractivity (Wildman–Crippen MR) is 74.9 cm³/mol. The maximum absolute atomic E-state index is 14.0. The number of hydrogen-bond acceptors (Lipinski definition) is 2. The highest BCUT2D eigenvalue weighted by atomic mass is 19.1. The number of nitrogens with one attached hydrogen (secondary N) is 1. The van der Waals surface area contributed by atoms with Crippen LogP contribution in [0.2, 0.25) is 0 Å². The van der Waals surface area contributed by atoms with Gasteiger partial charge >= 0.3 is 0 Å². The molecular weight excluding hydrogens is 259 g/mol. The molecule has 1 aromatic rings. The van der Waals surface area contributed by atoms with E-state index >= 15 is 0 Å². The van der Waals surface area contributed by atoms with E-state index in [1.165, 1.54) is 11.0 Å². The van der Waals surface area contributed by atoms with Crippen molar-refractivity contribution in [1.82, 2.24) is 5.32 Å². The summed E-state index contributed by atoms with van der Waals surface area (Å²) in [5, 5.41) is 2.68. The topological polar surface area (TPSA) is 49.4 Å². The fraction of sp³-hybridized carbons (Fsp3) is 0.467. The number of rotatable bonds is 1. The van der Waals surface area contributed by atoms with E-state index in [-0.39, 0.29) is 24.0 Å². The molecule has 108 valence electrons. The average Bonchev–Trinajstić information content (AvgIpc) is 2.31. The first-order valence-corrected chi connectivity index (χ1v) is 6.57. The zero-order chi connectivity index (χ0) is 15.1. The van der Waals surface area contributed by atoms with Crippen LogP contribution >= 0.6 is 0 Å². The average molecular weight is 278 g/mol. The first kappa shape index (κ1) is 14.5. The van der Waals surface area contributed by atoms with E-state index in [4.69, 9.17) is 0 Å². The molecule has 1 aliphatic heterocycles. The zero-order valence-corrected chi connectivity index (χ0v) is 12.2. The molecule has 1 aromatic carbocycles. The van der Waals surface area contributed by atoms with Gasteiger partial charge in [-0.1, -0.05) is 26.8 Å². The Kier molecular flexibility index (Phi) is 3.54. The number of nitrogens with zero attached hydrogens (tertiary/aromatic N) is 1. The summed E-state index contributed by atoms with van der Waals surface area (Å²) in [6.07, 6.45) is 0. The second-order valence-corrected chi connectivity index (χ2v) is 6.25. The van der Waals surface area contributed by atoms with E-state index in [1.54, 1.807) is 19.1 Å². The fourth-order valence-corrected chi connectivity index (χ4v) is 2.27. The number of amides is 2. The lowest BCUT2D eigenvalue weighted by Crippen LogP contribution is -2.62. The van der Waals surface area contributed by atoms with Crippen LogP contribution in [0.3, 0.4) is 0 Å². The van der Waals surface area contributed by atoms with Gasteiger partial charge < -0.3 is 5.32 Å². The smallest absolute Gasteiger partial charge is 0.250 e. The van der Waals surface area contributed by atoms with Crippen molar-refractivity contribution >= 4 is 17.5 Å². The number of halogens is 1. The molecule has 4 nitrogen and oxygen atoms in total. The molecule has 0 aromatic heterocycles. The van der Waals surface area contributed by atoms with Gasteiger partial charge in [0.25, 0.3) is 5.91 Å². The van der Waals surface area contributed by atoms with Crippen molar-refractivity contribution in [1.29, 1.82) is 0 Å². The Hall–Kier alpha value is -1.91. The Balaban J connectivity index is 2.40. The van der Waals surface area contributed by atoms with Gasteiger partial charge in [-0.05, 0) is 30.0 Å². The number of anilines is 1. The molecule has 0 spiro atoms. The van der Waals surface area contributed by atoms with Crippen LogP contribution in [-0.4, -0.2) is 24.4 Å². The highest BCUT2D eigenvalue weighted by Gasteiger charge is 2.41. The molecule has 0 aliphatic carbocycles. The van der Waals surface area contributed by atoms with Gasteiger partial charge in [0.2, 0.25) is 5.91 Å². The van der Waals surface area contributed by atoms with Crippen molar-refractivity contribution in [2.75, 3.05) is 11.4 Å². The maximum Gasteiger partial charge on any atom is 0.250 e. The van der Waals surface area contributed by atoms with Crippen LogP contribution in [0.15, 0.2) is 18.2 Å². The minimum atomic E-state index is -0.649. The van der Waals surface area contributed by atoms with Gasteiger partial charge in [0.15, 0.2) is 0 Å². The van der Waals surface area contributed by atoms with Crippen LogP contribution in [0.1, 0.15) is 26.3 Å². The summed E-state index contributed by atoms with van der Waals surface area (Å²) >= 11 is 0. The number of piperazine rings is 1. The highest BCUT2D eigenvalue weighted by molar-refractivity contribution is 6.07. The molecule has 1 aliphatic rings. The lowest BCUT2D eigenvalue weighted by molar-refractivity contribution is -0.133. The van der Waals surface area contributed by atoms with Crippen LogP contribution in [0, 0.1) is 18.2 Å². The van der Waals surface area contributed by atoms with Crippen molar-refractivity contribution in [2.24, 2.45) is 5.41 Å². The summed E-state index contributed by atoms with van der Waals surface area (Å²) in [6.45, 7) is 7.22. The van der Waals surface area contributed by atoms with Gasteiger partial charge in [-0.25, -0.2) is 4.39 Å². The Bertz CT molecular complexity index is 563. The van der Waals surface area contributed by atoms with E-state index in [2.05, 4.69) is 5.32 Å². The normalized spacial score (nSPS) is 20.1. The number of aryl methyl sites for hydroxylation is 1. The third-order valence-corrected chi connectivity index (χ3v) is 3.38. The molecule has 0 saturated carbocycles. The van der Waals surface area contributed by atoms with Crippen molar-refractivity contribution in [3.63, 3.8) is 0 Å².